The van der Waals surface area contributed by atoms with Gasteiger partial charge < -0.3 is 14.8 Å². The van der Waals surface area contributed by atoms with Crippen LogP contribution in [0.3, 0.4) is 0 Å². The Morgan fingerprint density at radius 1 is 1.19 bits per heavy atom. The van der Waals surface area contributed by atoms with E-state index in [-0.39, 0.29) is 30.1 Å². The number of nitrogens with one attached hydrogen (secondary N) is 2. The second-order valence-corrected chi connectivity index (χ2v) is 8.42. The normalized spacial score (nSPS) is 12.3. The number of benzene rings is 1. The average Bonchev–Trinajstić information content (AvgIpc) is 3.52. The summed E-state index contributed by atoms with van der Waals surface area (Å²) in [5.74, 6) is 1.41. The lowest BCUT2D eigenvalue weighted by molar-refractivity contribution is 0.102. The largest absolute Gasteiger partial charge is 0.454 e. The van der Waals surface area contributed by atoms with Crippen molar-refractivity contribution in [1.29, 1.82) is 0 Å². The molecule has 0 spiro atoms. The third-order valence-electron chi connectivity index (χ3n) is 4.90. The standard InChI is InChI=1S/C22H19N5O4S/c1-12(2)14-10-20(28)25-22(23-14)27-19(9-15(26-27)18-4-3-7-32-18)24-21(29)13-5-6-16-17(8-13)31-11-30-16/h3-10,12H,11H2,1-2H3,(H,24,29)(H,23,25,28). The van der Waals surface area contributed by atoms with Crippen LogP contribution in [-0.4, -0.2) is 32.4 Å². The quantitative estimate of drug-likeness (QED) is 0.480. The van der Waals surface area contributed by atoms with Crippen LogP contribution < -0.4 is 20.3 Å². The van der Waals surface area contributed by atoms with E-state index in [0.29, 0.717) is 34.3 Å². The number of carbonyl (C=O) groups is 1. The van der Waals surface area contributed by atoms with Crippen LogP contribution in [0.5, 0.6) is 11.5 Å². The summed E-state index contributed by atoms with van der Waals surface area (Å²) in [7, 11) is 0. The molecule has 1 aromatic carbocycles. The van der Waals surface area contributed by atoms with Gasteiger partial charge in [-0.25, -0.2) is 4.98 Å². The number of fused-ring (bicyclic) bond motifs is 1. The Kier molecular flexibility index (Phi) is 4.98. The summed E-state index contributed by atoms with van der Waals surface area (Å²) in [5, 5.41) is 9.42. The van der Waals surface area contributed by atoms with Crippen LogP contribution in [0, 0.1) is 0 Å². The number of thiophene rings is 1. The van der Waals surface area contributed by atoms with Crippen LogP contribution >= 0.6 is 11.3 Å². The summed E-state index contributed by atoms with van der Waals surface area (Å²) in [4.78, 5) is 33.4. The van der Waals surface area contributed by atoms with Crippen molar-refractivity contribution in [2.45, 2.75) is 19.8 Å². The first kappa shape index (κ1) is 20.0. The molecule has 2 N–H and O–H groups in total. The number of amides is 1. The molecule has 4 heterocycles. The maximum atomic E-state index is 13.0. The van der Waals surface area contributed by atoms with Gasteiger partial charge in [0.05, 0.1) is 10.6 Å². The highest BCUT2D eigenvalue weighted by atomic mass is 32.1. The van der Waals surface area contributed by atoms with E-state index in [1.165, 1.54) is 22.1 Å². The lowest BCUT2D eigenvalue weighted by Gasteiger charge is -2.10. The monoisotopic (exact) mass is 449 g/mol. The number of carbonyl (C=O) groups excluding carboxylic acids is 1. The van der Waals surface area contributed by atoms with Gasteiger partial charge in [0.2, 0.25) is 12.7 Å². The Bertz CT molecular complexity index is 1360. The maximum Gasteiger partial charge on any atom is 0.256 e. The molecule has 1 aliphatic heterocycles. The van der Waals surface area contributed by atoms with E-state index in [9.17, 15) is 9.59 Å². The Morgan fingerprint density at radius 2 is 2.03 bits per heavy atom. The topological polar surface area (TPSA) is 111 Å². The molecule has 4 aromatic rings. The van der Waals surface area contributed by atoms with Crippen molar-refractivity contribution in [1.82, 2.24) is 19.7 Å². The molecule has 0 fully saturated rings. The number of hydrogen-bond acceptors (Lipinski definition) is 7. The third kappa shape index (κ3) is 3.76. The fourth-order valence-electron chi connectivity index (χ4n) is 3.26. The first-order valence-corrected chi connectivity index (χ1v) is 10.8. The van der Waals surface area contributed by atoms with Gasteiger partial charge in [0.25, 0.3) is 11.5 Å². The van der Waals surface area contributed by atoms with Gasteiger partial charge >= 0.3 is 0 Å². The number of aromatic amines is 1. The minimum Gasteiger partial charge on any atom is -0.454 e. The zero-order valence-corrected chi connectivity index (χ0v) is 18.1. The van der Waals surface area contributed by atoms with Crippen LogP contribution in [-0.2, 0) is 0 Å². The first-order valence-electron chi connectivity index (χ1n) is 9.94. The molecule has 0 aliphatic carbocycles. The lowest BCUT2D eigenvalue weighted by Crippen LogP contribution is -2.19. The first-order chi connectivity index (χ1) is 15.5. The van der Waals surface area contributed by atoms with E-state index in [1.54, 1.807) is 24.3 Å². The highest BCUT2D eigenvalue weighted by Gasteiger charge is 2.20. The fourth-order valence-corrected chi connectivity index (χ4v) is 3.94. The van der Waals surface area contributed by atoms with Crippen molar-refractivity contribution < 1.29 is 14.3 Å². The third-order valence-corrected chi connectivity index (χ3v) is 5.79. The molecule has 5 rings (SSSR count). The smallest absolute Gasteiger partial charge is 0.256 e. The number of hydrogen-bond donors (Lipinski definition) is 2. The molecule has 32 heavy (non-hydrogen) atoms. The number of H-pyrrole nitrogens is 1. The van der Waals surface area contributed by atoms with E-state index in [2.05, 4.69) is 20.4 Å². The van der Waals surface area contributed by atoms with E-state index in [1.807, 2.05) is 31.4 Å². The molecule has 9 nitrogen and oxygen atoms in total. The predicted octanol–water partition coefficient (Wildman–Crippen LogP) is 3.79. The number of aromatic nitrogens is 4. The summed E-state index contributed by atoms with van der Waals surface area (Å²) in [6.07, 6.45) is 0. The van der Waals surface area contributed by atoms with Gasteiger partial charge in [0, 0.05) is 17.7 Å². The van der Waals surface area contributed by atoms with E-state index in [4.69, 9.17) is 9.47 Å². The number of nitrogens with zero attached hydrogens (tertiary/aromatic N) is 3. The Hall–Kier alpha value is -3.92. The zero-order valence-electron chi connectivity index (χ0n) is 17.3. The predicted molar refractivity (Wildman–Crippen MR) is 120 cm³/mol. The maximum absolute atomic E-state index is 13.0. The highest BCUT2D eigenvalue weighted by Crippen LogP contribution is 2.33. The van der Waals surface area contributed by atoms with Gasteiger partial charge in [-0.2, -0.15) is 9.78 Å². The Labute approximate surface area is 186 Å². The van der Waals surface area contributed by atoms with Gasteiger partial charge in [0.15, 0.2) is 11.5 Å². The van der Waals surface area contributed by atoms with Crippen LogP contribution in [0.25, 0.3) is 16.5 Å². The van der Waals surface area contributed by atoms with Gasteiger partial charge in [-0.1, -0.05) is 19.9 Å². The minimum absolute atomic E-state index is 0.0510. The lowest BCUT2D eigenvalue weighted by atomic mass is 10.1. The molecule has 0 bridgehead atoms. The van der Waals surface area contributed by atoms with E-state index < -0.39 is 0 Å². The van der Waals surface area contributed by atoms with Gasteiger partial charge in [-0.05, 0) is 35.6 Å². The minimum atomic E-state index is -0.357. The molecular formula is C22H19N5O4S. The van der Waals surface area contributed by atoms with Crippen molar-refractivity contribution in [3.05, 3.63) is 69.5 Å². The zero-order chi connectivity index (χ0) is 22.2. The van der Waals surface area contributed by atoms with Crippen LogP contribution in [0.4, 0.5) is 5.82 Å². The average molecular weight is 449 g/mol. The van der Waals surface area contributed by atoms with Crippen molar-refractivity contribution in [2.75, 3.05) is 12.1 Å². The molecule has 0 radical (unpaired) electrons. The molecule has 1 aliphatic rings. The summed E-state index contributed by atoms with van der Waals surface area (Å²) in [6, 6.07) is 12.0. The molecule has 0 saturated heterocycles. The van der Waals surface area contributed by atoms with Crippen molar-refractivity contribution in [2.24, 2.45) is 0 Å². The molecule has 3 aromatic heterocycles. The van der Waals surface area contributed by atoms with Crippen LogP contribution in [0.2, 0.25) is 0 Å². The number of rotatable bonds is 5. The van der Waals surface area contributed by atoms with E-state index in [0.717, 1.165) is 4.88 Å². The highest BCUT2D eigenvalue weighted by molar-refractivity contribution is 7.13. The molecule has 0 saturated carbocycles. The number of anilines is 1. The van der Waals surface area contributed by atoms with Crippen LogP contribution in [0.15, 0.2) is 52.6 Å². The van der Waals surface area contributed by atoms with Crippen molar-refractivity contribution >= 4 is 23.1 Å². The van der Waals surface area contributed by atoms with Gasteiger partial charge in [0.1, 0.15) is 11.5 Å². The molecule has 162 valence electrons. The fraction of sp³-hybridized carbons (Fsp3) is 0.182. The Morgan fingerprint density at radius 3 is 2.81 bits per heavy atom. The van der Waals surface area contributed by atoms with E-state index >= 15 is 0 Å². The molecule has 0 atom stereocenters. The summed E-state index contributed by atoms with van der Waals surface area (Å²) in [5.41, 5.74) is 1.39. The summed E-state index contributed by atoms with van der Waals surface area (Å²) < 4.78 is 12.1. The summed E-state index contributed by atoms with van der Waals surface area (Å²) >= 11 is 1.52. The van der Waals surface area contributed by atoms with Crippen LogP contribution in [0.1, 0.15) is 35.8 Å². The second kappa shape index (κ2) is 7.97. The molecule has 10 heteroatoms. The van der Waals surface area contributed by atoms with Gasteiger partial charge in [-0.15, -0.1) is 11.3 Å². The molecule has 0 unspecified atom stereocenters. The van der Waals surface area contributed by atoms with Gasteiger partial charge in [-0.3, -0.25) is 14.6 Å². The summed E-state index contributed by atoms with van der Waals surface area (Å²) in [6.45, 7) is 4.03. The SMILES string of the molecule is CC(C)c1cc(=O)[nH]c(-n2nc(-c3cccs3)cc2NC(=O)c2ccc3c(c2)OCO3)n1. The molecular weight excluding hydrogens is 430 g/mol. The molecule has 1 amide bonds. The number of ether oxygens (including phenoxy) is 2. The van der Waals surface area contributed by atoms with Crippen molar-refractivity contribution in [3.63, 3.8) is 0 Å². The van der Waals surface area contributed by atoms with Crippen molar-refractivity contribution in [3.8, 4) is 28.0 Å². The second-order valence-electron chi connectivity index (χ2n) is 7.47. The Balaban J connectivity index is 1.55.